The Balaban J connectivity index is 2.30. The summed E-state index contributed by atoms with van der Waals surface area (Å²) in [5, 5.41) is 0.496. The number of benzene rings is 2. The Bertz CT molecular complexity index is 899. The van der Waals surface area contributed by atoms with Crippen molar-refractivity contribution in [2.45, 2.75) is 0 Å². The van der Waals surface area contributed by atoms with Gasteiger partial charge in [0, 0.05) is 5.56 Å². The van der Waals surface area contributed by atoms with Crippen LogP contribution in [0.2, 0.25) is 0 Å². The van der Waals surface area contributed by atoms with E-state index in [1.165, 1.54) is 7.11 Å². The van der Waals surface area contributed by atoms with Crippen LogP contribution < -0.4 is 14.9 Å². The van der Waals surface area contributed by atoms with Crippen LogP contribution in [0.1, 0.15) is 0 Å². The first-order valence-electron chi connectivity index (χ1n) is 6.59. The van der Waals surface area contributed by atoms with Crippen molar-refractivity contribution in [3.8, 4) is 22.8 Å². The van der Waals surface area contributed by atoms with Crippen molar-refractivity contribution in [2.75, 3.05) is 14.2 Å². The highest BCUT2D eigenvalue weighted by Crippen LogP contribution is 2.35. The molecule has 1 heterocycles. The fraction of sp³-hybridized carbons (Fsp3) is 0.118. The van der Waals surface area contributed by atoms with E-state index in [1.54, 1.807) is 31.4 Å². The van der Waals surface area contributed by atoms with Gasteiger partial charge >= 0.3 is 0 Å². The third kappa shape index (κ3) is 2.37. The van der Waals surface area contributed by atoms with Crippen molar-refractivity contribution in [3.63, 3.8) is 0 Å². The molecule has 5 heteroatoms. The van der Waals surface area contributed by atoms with Crippen LogP contribution in [-0.4, -0.2) is 14.2 Å². The molecule has 0 saturated carbocycles. The smallest absolute Gasteiger partial charge is 0.235 e. The molecular formula is C17H13BrO4. The molecule has 3 aromatic rings. The maximum Gasteiger partial charge on any atom is 0.235 e. The number of hydrogen-bond donors (Lipinski definition) is 0. The number of para-hydroxylation sites is 1. The summed E-state index contributed by atoms with van der Waals surface area (Å²) in [4.78, 5) is 12.5. The van der Waals surface area contributed by atoms with Gasteiger partial charge in [-0.1, -0.05) is 12.1 Å². The fourth-order valence-electron chi connectivity index (χ4n) is 2.31. The Morgan fingerprint density at radius 3 is 2.50 bits per heavy atom. The number of fused-ring (bicyclic) bond motifs is 1. The minimum atomic E-state index is -0.189. The van der Waals surface area contributed by atoms with Crippen LogP contribution in [0.3, 0.4) is 0 Å². The van der Waals surface area contributed by atoms with Gasteiger partial charge in [0.2, 0.25) is 11.2 Å². The molecule has 0 saturated heterocycles. The van der Waals surface area contributed by atoms with Crippen LogP contribution >= 0.6 is 15.9 Å². The third-order valence-corrected chi connectivity index (χ3v) is 3.99. The van der Waals surface area contributed by atoms with Crippen LogP contribution in [0.5, 0.6) is 11.5 Å². The number of hydrogen-bond acceptors (Lipinski definition) is 4. The summed E-state index contributed by atoms with van der Waals surface area (Å²) in [5.74, 6) is 1.29. The van der Waals surface area contributed by atoms with E-state index in [4.69, 9.17) is 13.9 Å². The van der Waals surface area contributed by atoms with Crippen LogP contribution in [0, 0.1) is 0 Å². The quantitative estimate of drug-likeness (QED) is 0.700. The summed E-state index contributed by atoms with van der Waals surface area (Å²) in [6, 6.07) is 12.5. The highest BCUT2D eigenvalue weighted by Gasteiger charge is 2.17. The van der Waals surface area contributed by atoms with Gasteiger partial charge in [0.1, 0.15) is 11.3 Å². The molecule has 0 bridgehead atoms. The summed E-state index contributed by atoms with van der Waals surface area (Å²) in [6.07, 6.45) is 0. The fourth-order valence-corrected chi connectivity index (χ4v) is 2.85. The summed E-state index contributed by atoms with van der Waals surface area (Å²) in [6.45, 7) is 0. The predicted molar refractivity (Wildman–Crippen MR) is 88.7 cm³/mol. The van der Waals surface area contributed by atoms with Gasteiger partial charge in [-0.15, -0.1) is 0 Å². The molecule has 1 aromatic heterocycles. The summed E-state index contributed by atoms with van der Waals surface area (Å²) in [5.41, 5.74) is 1.06. The second kappa shape index (κ2) is 5.85. The molecule has 0 atom stereocenters. The highest BCUT2D eigenvalue weighted by molar-refractivity contribution is 9.10. The van der Waals surface area contributed by atoms with Crippen molar-refractivity contribution >= 4 is 26.9 Å². The number of methoxy groups -OCH3 is 2. The van der Waals surface area contributed by atoms with E-state index in [0.29, 0.717) is 22.5 Å². The lowest BCUT2D eigenvalue weighted by Gasteiger charge is -2.10. The molecule has 0 spiro atoms. The van der Waals surface area contributed by atoms with E-state index in [1.807, 2.05) is 18.2 Å². The second-order valence-electron chi connectivity index (χ2n) is 4.64. The van der Waals surface area contributed by atoms with Crippen LogP contribution in [0.4, 0.5) is 0 Å². The topological polar surface area (TPSA) is 48.7 Å². The van der Waals surface area contributed by atoms with Crippen molar-refractivity contribution < 1.29 is 13.9 Å². The number of halogens is 1. The normalized spacial score (nSPS) is 10.7. The van der Waals surface area contributed by atoms with Gasteiger partial charge in [-0.2, -0.15) is 0 Å². The van der Waals surface area contributed by atoms with Gasteiger partial charge in [-0.3, -0.25) is 4.79 Å². The molecule has 112 valence electrons. The first-order chi connectivity index (χ1) is 10.7. The van der Waals surface area contributed by atoms with E-state index < -0.39 is 0 Å². The monoisotopic (exact) mass is 360 g/mol. The van der Waals surface area contributed by atoms with Gasteiger partial charge in [-0.25, -0.2) is 0 Å². The Labute approximate surface area is 135 Å². The SMILES string of the molecule is COc1ccc(-c2oc3ccccc3c(=O)c2OC)cc1Br. The average Bonchev–Trinajstić information content (AvgIpc) is 2.54. The lowest BCUT2D eigenvalue weighted by Crippen LogP contribution is -2.07. The minimum absolute atomic E-state index is 0.189. The largest absolute Gasteiger partial charge is 0.496 e. The van der Waals surface area contributed by atoms with Gasteiger partial charge < -0.3 is 13.9 Å². The molecule has 2 aromatic carbocycles. The maximum atomic E-state index is 12.5. The van der Waals surface area contributed by atoms with Crippen LogP contribution in [0.25, 0.3) is 22.3 Å². The molecule has 0 aliphatic carbocycles. The van der Waals surface area contributed by atoms with Crippen molar-refractivity contribution in [1.82, 2.24) is 0 Å². The maximum absolute atomic E-state index is 12.5. The Kier molecular flexibility index (Phi) is 3.90. The molecule has 0 aliphatic heterocycles. The van der Waals surface area contributed by atoms with Crippen LogP contribution in [-0.2, 0) is 0 Å². The van der Waals surface area contributed by atoms with E-state index in [2.05, 4.69) is 15.9 Å². The summed E-state index contributed by atoms with van der Waals surface area (Å²) in [7, 11) is 3.06. The molecular weight excluding hydrogens is 348 g/mol. The molecule has 0 fully saturated rings. The standard InChI is InChI=1S/C17H13BrO4/c1-20-14-8-7-10(9-12(14)18)16-17(21-2)15(19)11-5-3-4-6-13(11)22-16/h3-9H,1-2H3. The Morgan fingerprint density at radius 1 is 1.05 bits per heavy atom. The summed E-state index contributed by atoms with van der Waals surface area (Å²) >= 11 is 3.43. The zero-order valence-corrected chi connectivity index (χ0v) is 13.6. The van der Waals surface area contributed by atoms with Crippen molar-refractivity contribution in [1.29, 1.82) is 0 Å². The number of ether oxygens (including phenoxy) is 2. The predicted octanol–water partition coefficient (Wildman–Crippen LogP) is 4.24. The van der Waals surface area contributed by atoms with Gasteiger partial charge in [0.25, 0.3) is 0 Å². The van der Waals surface area contributed by atoms with E-state index >= 15 is 0 Å². The van der Waals surface area contributed by atoms with E-state index in [0.717, 1.165) is 10.0 Å². The van der Waals surface area contributed by atoms with Crippen LogP contribution in [0.15, 0.2) is 56.1 Å². The molecule has 22 heavy (non-hydrogen) atoms. The molecule has 0 aliphatic rings. The van der Waals surface area contributed by atoms with E-state index in [9.17, 15) is 4.79 Å². The molecule has 4 nitrogen and oxygen atoms in total. The van der Waals surface area contributed by atoms with Gasteiger partial charge in [-0.05, 0) is 46.3 Å². The average molecular weight is 361 g/mol. The Morgan fingerprint density at radius 2 is 1.82 bits per heavy atom. The minimum Gasteiger partial charge on any atom is -0.496 e. The first-order valence-corrected chi connectivity index (χ1v) is 7.38. The van der Waals surface area contributed by atoms with E-state index in [-0.39, 0.29) is 11.2 Å². The second-order valence-corrected chi connectivity index (χ2v) is 5.49. The van der Waals surface area contributed by atoms with Gasteiger partial charge in [0.15, 0.2) is 5.76 Å². The number of rotatable bonds is 3. The zero-order valence-electron chi connectivity index (χ0n) is 12.1. The molecule has 0 unspecified atom stereocenters. The molecule has 0 amide bonds. The zero-order chi connectivity index (χ0) is 15.7. The third-order valence-electron chi connectivity index (χ3n) is 3.37. The Hall–Kier alpha value is -2.27. The molecule has 3 rings (SSSR count). The molecule has 0 radical (unpaired) electrons. The lowest BCUT2D eigenvalue weighted by atomic mass is 10.1. The first kappa shape index (κ1) is 14.7. The molecule has 0 N–H and O–H groups in total. The summed E-state index contributed by atoms with van der Waals surface area (Å²) < 4.78 is 17.2. The van der Waals surface area contributed by atoms with Crippen molar-refractivity contribution in [2.24, 2.45) is 0 Å². The van der Waals surface area contributed by atoms with Gasteiger partial charge in [0.05, 0.1) is 24.1 Å². The lowest BCUT2D eigenvalue weighted by molar-refractivity contribution is 0.398. The highest BCUT2D eigenvalue weighted by atomic mass is 79.9. The van der Waals surface area contributed by atoms with Crippen molar-refractivity contribution in [3.05, 3.63) is 57.2 Å².